The van der Waals surface area contributed by atoms with E-state index in [-0.39, 0.29) is 0 Å². The highest BCUT2D eigenvalue weighted by Gasteiger charge is 2.23. The summed E-state index contributed by atoms with van der Waals surface area (Å²) < 4.78 is 0.373. The summed E-state index contributed by atoms with van der Waals surface area (Å²) in [5, 5.41) is 0. The Hall–Kier alpha value is 0.690. The quantitative estimate of drug-likeness (QED) is 0.394. The largest absolute Gasteiger partial charge is 0.290 e. The van der Waals surface area contributed by atoms with Gasteiger partial charge in [-0.3, -0.25) is 4.90 Å². The van der Waals surface area contributed by atoms with E-state index in [4.69, 9.17) is 0 Å². The fourth-order valence-electron chi connectivity index (χ4n) is 1.43. The lowest BCUT2D eigenvalue weighted by Crippen LogP contribution is -2.42. The average molecular weight is 253 g/mol. The van der Waals surface area contributed by atoms with Crippen molar-refractivity contribution < 1.29 is 0 Å². The van der Waals surface area contributed by atoms with Crippen molar-refractivity contribution in [3.05, 3.63) is 0 Å². The minimum Gasteiger partial charge on any atom is -0.290 e. The molecule has 1 aliphatic rings. The fraction of sp³-hybridized carbons (Fsp3) is 1.00. The number of hydrogen-bond donors (Lipinski definition) is 0. The maximum Gasteiger partial charge on any atom is 0.0673 e. The molecule has 0 atom stereocenters. The zero-order valence-corrected chi connectivity index (χ0v) is 9.02. The third-order valence-corrected chi connectivity index (χ3v) is 2.79. The van der Waals surface area contributed by atoms with Gasteiger partial charge < -0.3 is 0 Å². The van der Waals surface area contributed by atoms with Crippen LogP contribution in [0.4, 0.5) is 0 Å². The minimum atomic E-state index is 0.373. The number of hydrogen-bond acceptors (Lipinski definition) is 1. The van der Waals surface area contributed by atoms with Crippen LogP contribution in [0.25, 0.3) is 0 Å². The summed E-state index contributed by atoms with van der Waals surface area (Å²) in [5.41, 5.74) is 0. The Morgan fingerprint density at radius 1 is 1.10 bits per heavy atom. The summed E-state index contributed by atoms with van der Waals surface area (Å²) in [5.74, 6) is 0. The number of halogens is 1. The highest BCUT2D eigenvalue weighted by atomic mass is 127. The molecule has 1 rings (SSSR count). The monoisotopic (exact) mass is 253 g/mol. The molecule has 1 nitrogen and oxygen atoms in total. The fourth-order valence-corrected chi connectivity index (χ4v) is 1.91. The summed E-state index contributed by atoms with van der Waals surface area (Å²) in [6, 6.07) is 0. The van der Waals surface area contributed by atoms with E-state index in [1.165, 1.54) is 32.4 Å². The second-order valence-electron chi connectivity index (χ2n) is 3.46. The Kier molecular flexibility index (Phi) is 2.98. The second kappa shape index (κ2) is 3.39. The van der Waals surface area contributed by atoms with E-state index in [2.05, 4.69) is 41.3 Å². The summed E-state index contributed by atoms with van der Waals surface area (Å²) in [6.45, 7) is 7.18. The van der Waals surface area contributed by atoms with Crippen LogP contribution in [0.5, 0.6) is 0 Å². The van der Waals surface area contributed by atoms with Crippen LogP contribution in [0.2, 0.25) is 0 Å². The zero-order valence-electron chi connectivity index (χ0n) is 6.86. The molecule has 0 aromatic heterocycles. The Labute approximate surface area is 77.3 Å². The van der Waals surface area contributed by atoms with Gasteiger partial charge in [0.1, 0.15) is 0 Å². The summed E-state index contributed by atoms with van der Waals surface area (Å²) in [7, 11) is 0. The van der Waals surface area contributed by atoms with Crippen molar-refractivity contribution in [1.82, 2.24) is 4.90 Å². The van der Waals surface area contributed by atoms with Gasteiger partial charge in [-0.2, -0.15) is 0 Å². The average Bonchev–Trinajstić information content (AvgIpc) is 1.88. The summed E-state index contributed by atoms with van der Waals surface area (Å²) >= 11 is 2.52. The van der Waals surface area contributed by atoms with Crippen LogP contribution in [-0.2, 0) is 0 Å². The van der Waals surface area contributed by atoms with E-state index in [1.807, 2.05) is 0 Å². The smallest absolute Gasteiger partial charge is 0.0673 e. The van der Waals surface area contributed by atoms with E-state index in [9.17, 15) is 0 Å². The first-order valence-electron chi connectivity index (χ1n) is 4.05. The van der Waals surface area contributed by atoms with Gasteiger partial charge in [0.2, 0.25) is 0 Å². The molecule has 0 N–H and O–H groups in total. The molecule has 0 aromatic carbocycles. The standard InChI is InChI=1S/C8H16IN/c1-8(2,9)10-6-4-3-5-7-10/h3-7H2,1-2H3. The Morgan fingerprint density at radius 3 is 1.90 bits per heavy atom. The van der Waals surface area contributed by atoms with E-state index >= 15 is 0 Å². The van der Waals surface area contributed by atoms with Crippen LogP contribution in [0.3, 0.4) is 0 Å². The molecule has 60 valence electrons. The van der Waals surface area contributed by atoms with Crippen molar-refractivity contribution in [1.29, 1.82) is 0 Å². The van der Waals surface area contributed by atoms with Crippen molar-refractivity contribution in [3.8, 4) is 0 Å². The van der Waals surface area contributed by atoms with Crippen molar-refractivity contribution in [2.24, 2.45) is 0 Å². The molecule has 0 saturated carbocycles. The number of nitrogens with zero attached hydrogens (tertiary/aromatic N) is 1. The molecule has 0 unspecified atom stereocenters. The van der Waals surface area contributed by atoms with E-state index < -0.39 is 0 Å². The lowest BCUT2D eigenvalue weighted by molar-refractivity contribution is 0.174. The van der Waals surface area contributed by atoms with Crippen molar-refractivity contribution in [3.63, 3.8) is 0 Å². The molecule has 1 saturated heterocycles. The van der Waals surface area contributed by atoms with Gasteiger partial charge in [-0.05, 0) is 39.8 Å². The van der Waals surface area contributed by atoms with E-state index in [0.717, 1.165) is 0 Å². The Balaban J connectivity index is 2.39. The van der Waals surface area contributed by atoms with Gasteiger partial charge in [-0.25, -0.2) is 0 Å². The molecule has 0 radical (unpaired) electrons. The predicted octanol–water partition coefficient (Wildman–Crippen LogP) is 2.64. The van der Waals surface area contributed by atoms with Gasteiger partial charge in [0.25, 0.3) is 0 Å². The Bertz CT molecular complexity index is 100. The van der Waals surface area contributed by atoms with Gasteiger partial charge in [-0.1, -0.05) is 29.0 Å². The lowest BCUT2D eigenvalue weighted by atomic mass is 10.1. The third-order valence-electron chi connectivity index (χ3n) is 2.11. The summed E-state index contributed by atoms with van der Waals surface area (Å²) in [6.07, 6.45) is 4.22. The van der Waals surface area contributed by atoms with Gasteiger partial charge in [0, 0.05) is 0 Å². The van der Waals surface area contributed by atoms with E-state index in [1.54, 1.807) is 0 Å². The molecule has 0 bridgehead atoms. The number of likely N-dealkylation sites (tertiary alicyclic amines) is 1. The molecule has 10 heavy (non-hydrogen) atoms. The first-order chi connectivity index (χ1) is 4.61. The lowest BCUT2D eigenvalue weighted by Gasteiger charge is -2.36. The van der Waals surface area contributed by atoms with E-state index in [0.29, 0.717) is 3.55 Å². The number of alkyl halides is 1. The van der Waals surface area contributed by atoms with Crippen LogP contribution in [-0.4, -0.2) is 21.5 Å². The highest BCUT2D eigenvalue weighted by molar-refractivity contribution is 14.1. The maximum atomic E-state index is 2.57. The number of rotatable bonds is 1. The highest BCUT2D eigenvalue weighted by Crippen LogP contribution is 2.25. The first kappa shape index (κ1) is 8.78. The molecule has 0 amide bonds. The topological polar surface area (TPSA) is 3.24 Å². The first-order valence-corrected chi connectivity index (χ1v) is 5.12. The molecular weight excluding hydrogens is 237 g/mol. The van der Waals surface area contributed by atoms with Crippen LogP contribution in [0.15, 0.2) is 0 Å². The molecule has 1 fully saturated rings. The minimum absolute atomic E-state index is 0.373. The molecule has 0 aliphatic carbocycles. The van der Waals surface area contributed by atoms with Crippen LogP contribution < -0.4 is 0 Å². The Morgan fingerprint density at radius 2 is 1.60 bits per heavy atom. The normalized spacial score (nSPS) is 23.1. The van der Waals surface area contributed by atoms with Gasteiger partial charge in [0.05, 0.1) is 3.55 Å². The number of piperidine rings is 1. The van der Waals surface area contributed by atoms with Crippen LogP contribution >= 0.6 is 22.6 Å². The van der Waals surface area contributed by atoms with Crippen LogP contribution in [0.1, 0.15) is 33.1 Å². The molecule has 0 spiro atoms. The second-order valence-corrected chi connectivity index (χ2v) is 6.10. The van der Waals surface area contributed by atoms with Gasteiger partial charge in [-0.15, -0.1) is 0 Å². The van der Waals surface area contributed by atoms with Crippen molar-refractivity contribution in [2.75, 3.05) is 13.1 Å². The predicted molar refractivity (Wildman–Crippen MR) is 53.5 cm³/mol. The van der Waals surface area contributed by atoms with Gasteiger partial charge >= 0.3 is 0 Å². The van der Waals surface area contributed by atoms with Crippen LogP contribution in [0, 0.1) is 0 Å². The molecular formula is C8H16IN. The molecule has 1 heterocycles. The molecule has 0 aromatic rings. The molecule has 1 aliphatic heterocycles. The SMILES string of the molecule is CC(C)(I)N1CCCCC1. The van der Waals surface area contributed by atoms with Gasteiger partial charge in [0.15, 0.2) is 0 Å². The summed E-state index contributed by atoms with van der Waals surface area (Å²) in [4.78, 5) is 2.57. The zero-order chi connectivity index (χ0) is 7.61. The third kappa shape index (κ3) is 2.38. The molecule has 2 heteroatoms. The van der Waals surface area contributed by atoms with Crippen molar-refractivity contribution in [2.45, 2.75) is 36.7 Å². The maximum absolute atomic E-state index is 2.57. The van der Waals surface area contributed by atoms with Crippen molar-refractivity contribution >= 4 is 22.6 Å².